The van der Waals surface area contributed by atoms with Gasteiger partial charge in [-0.05, 0) is 36.5 Å². The number of hydrogen-bond acceptors (Lipinski definition) is 1. The number of nitrogens with two attached hydrogens (primary N) is 1. The van der Waals surface area contributed by atoms with Crippen LogP contribution in [0.2, 0.25) is 0 Å². The summed E-state index contributed by atoms with van der Waals surface area (Å²) in [6, 6.07) is 6.11. The van der Waals surface area contributed by atoms with E-state index in [1.165, 1.54) is 12.0 Å². The molecule has 2 heteroatoms. The second-order valence-electron chi connectivity index (χ2n) is 3.78. The normalized spacial score (nSPS) is 10.8. The number of hydrogen-bond donors (Lipinski definition) is 1. The Morgan fingerprint density at radius 3 is 2.62 bits per heavy atom. The number of nitrogen functional groups attached to an aromatic ring is 1. The quantitative estimate of drug-likeness (QED) is 0.805. The van der Waals surface area contributed by atoms with Crippen molar-refractivity contribution in [2.75, 3.05) is 5.73 Å². The summed E-state index contributed by atoms with van der Waals surface area (Å²) < 4.78 is 1.05. The van der Waals surface area contributed by atoms with E-state index in [1.807, 2.05) is 12.1 Å². The van der Waals surface area contributed by atoms with E-state index < -0.39 is 0 Å². The molecule has 1 nitrogen and oxygen atoms in total. The van der Waals surface area contributed by atoms with Gasteiger partial charge in [0.2, 0.25) is 0 Å². The Bertz CT molecular complexity index is 281. The molecule has 0 aromatic heterocycles. The van der Waals surface area contributed by atoms with Gasteiger partial charge in [0.25, 0.3) is 0 Å². The molecule has 0 amide bonds. The van der Waals surface area contributed by atoms with Gasteiger partial charge in [-0.2, -0.15) is 0 Å². The lowest BCUT2D eigenvalue weighted by atomic mass is 10.0. The van der Waals surface area contributed by atoms with Crippen molar-refractivity contribution >= 4 is 21.6 Å². The van der Waals surface area contributed by atoms with Crippen molar-refractivity contribution < 1.29 is 0 Å². The van der Waals surface area contributed by atoms with Crippen LogP contribution in [-0.4, -0.2) is 0 Å². The van der Waals surface area contributed by atoms with Crippen molar-refractivity contribution in [1.29, 1.82) is 0 Å². The second-order valence-corrected chi connectivity index (χ2v) is 4.69. The zero-order valence-electron chi connectivity index (χ0n) is 8.18. The number of benzene rings is 1. The maximum absolute atomic E-state index is 5.88. The van der Waals surface area contributed by atoms with E-state index in [0.717, 1.165) is 22.5 Å². The third kappa shape index (κ3) is 3.39. The molecule has 72 valence electrons. The van der Waals surface area contributed by atoms with Gasteiger partial charge >= 0.3 is 0 Å². The van der Waals surface area contributed by atoms with Crippen molar-refractivity contribution in [2.24, 2.45) is 5.92 Å². The molecule has 0 aliphatic carbocycles. The summed E-state index contributed by atoms with van der Waals surface area (Å²) in [5, 5.41) is 0. The summed E-state index contributed by atoms with van der Waals surface area (Å²) in [6.45, 7) is 4.46. The lowest BCUT2D eigenvalue weighted by Crippen LogP contribution is -1.97. The summed E-state index contributed by atoms with van der Waals surface area (Å²) >= 11 is 3.40. The minimum absolute atomic E-state index is 0.739. The molecule has 0 spiro atoms. The van der Waals surface area contributed by atoms with Crippen LogP contribution in [0, 0.1) is 5.92 Å². The SMILES string of the molecule is CC(C)CCc1ccc(Br)cc1N. The van der Waals surface area contributed by atoms with E-state index in [2.05, 4.69) is 35.8 Å². The zero-order valence-corrected chi connectivity index (χ0v) is 9.76. The van der Waals surface area contributed by atoms with Crippen LogP contribution in [0.25, 0.3) is 0 Å². The lowest BCUT2D eigenvalue weighted by Gasteiger charge is -2.07. The maximum atomic E-state index is 5.88. The monoisotopic (exact) mass is 241 g/mol. The van der Waals surface area contributed by atoms with E-state index in [1.54, 1.807) is 0 Å². The number of halogens is 1. The smallest absolute Gasteiger partial charge is 0.0357 e. The molecule has 1 aromatic rings. The Labute approximate surface area is 88.5 Å². The van der Waals surface area contributed by atoms with Gasteiger partial charge in [0.15, 0.2) is 0 Å². The van der Waals surface area contributed by atoms with Gasteiger partial charge in [-0.1, -0.05) is 35.8 Å². The van der Waals surface area contributed by atoms with E-state index >= 15 is 0 Å². The van der Waals surface area contributed by atoms with Crippen LogP contribution >= 0.6 is 15.9 Å². The first-order valence-corrected chi connectivity index (χ1v) is 5.43. The molecule has 0 aliphatic rings. The van der Waals surface area contributed by atoms with Crippen LogP contribution in [0.3, 0.4) is 0 Å². The van der Waals surface area contributed by atoms with Crippen LogP contribution in [0.1, 0.15) is 25.8 Å². The lowest BCUT2D eigenvalue weighted by molar-refractivity contribution is 0.587. The van der Waals surface area contributed by atoms with Gasteiger partial charge in [-0.3, -0.25) is 0 Å². The third-order valence-electron chi connectivity index (χ3n) is 2.10. The Hall–Kier alpha value is -0.500. The largest absolute Gasteiger partial charge is 0.398 e. The predicted octanol–water partition coefficient (Wildman–Crippen LogP) is 3.62. The molecular formula is C11H16BrN. The van der Waals surface area contributed by atoms with Gasteiger partial charge in [0, 0.05) is 10.2 Å². The van der Waals surface area contributed by atoms with Crippen LogP contribution in [-0.2, 0) is 6.42 Å². The van der Waals surface area contributed by atoms with E-state index in [4.69, 9.17) is 5.73 Å². The molecule has 0 aliphatic heterocycles. The first kappa shape index (κ1) is 10.6. The molecular weight excluding hydrogens is 226 g/mol. The Kier molecular flexibility index (Phi) is 3.79. The summed E-state index contributed by atoms with van der Waals surface area (Å²) in [5.41, 5.74) is 8.04. The molecule has 0 heterocycles. The molecule has 1 rings (SSSR count). The van der Waals surface area contributed by atoms with Crippen molar-refractivity contribution in [1.82, 2.24) is 0 Å². The molecule has 1 aromatic carbocycles. The summed E-state index contributed by atoms with van der Waals surface area (Å²) in [5.74, 6) is 0.739. The summed E-state index contributed by atoms with van der Waals surface area (Å²) in [6.07, 6.45) is 2.28. The molecule has 0 bridgehead atoms. The minimum Gasteiger partial charge on any atom is -0.398 e. The standard InChI is InChI=1S/C11H16BrN/c1-8(2)3-4-9-5-6-10(12)7-11(9)13/h5-8H,3-4,13H2,1-2H3. The fourth-order valence-corrected chi connectivity index (χ4v) is 1.62. The number of rotatable bonds is 3. The average Bonchev–Trinajstić information content (AvgIpc) is 2.02. The Morgan fingerprint density at radius 2 is 2.08 bits per heavy atom. The number of anilines is 1. The maximum Gasteiger partial charge on any atom is 0.0357 e. The third-order valence-corrected chi connectivity index (χ3v) is 2.59. The van der Waals surface area contributed by atoms with Crippen LogP contribution in [0.15, 0.2) is 22.7 Å². The first-order chi connectivity index (χ1) is 6.09. The van der Waals surface area contributed by atoms with Gasteiger partial charge in [0.1, 0.15) is 0 Å². The fraction of sp³-hybridized carbons (Fsp3) is 0.455. The van der Waals surface area contributed by atoms with Gasteiger partial charge in [-0.15, -0.1) is 0 Å². The highest BCUT2D eigenvalue weighted by atomic mass is 79.9. The van der Waals surface area contributed by atoms with Gasteiger partial charge in [-0.25, -0.2) is 0 Å². The summed E-state index contributed by atoms with van der Waals surface area (Å²) in [7, 11) is 0. The molecule has 0 saturated carbocycles. The topological polar surface area (TPSA) is 26.0 Å². The second kappa shape index (κ2) is 4.66. The van der Waals surface area contributed by atoms with Gasteiger partial charge < -0.3 is 5.73 Å². The minimum atomic E-state index is 0.739. The van der Waals surface area contributed by atoms with Crippen LogP contribution in [0.5, 0.6) is 0 Å². The molecule has 0 fully saturated rings. The highest BCUT2D eigenvalue weighted by Gasteiger charge is 2.01. The van der Waals surface area contributed by atoms with Crippen LogP contribution < -0.4 is 5.73 Å². The number of aryl methyl sites for hydroxylation is 1. The van der Waals surface area contributed by atoms with Crippen molar-refractivity contribution in [3.8, 4) is 0 Å². The zero-order chi connectivity index (χ0) is 9.84. The Balaban J connectivity index is 2.67. The molecule has 0 atom stereocenters. The Morgan fingerprint density at radius 1 is 1.38 bits per heavy atom. The van der Waals surface area contributed by atoms with Crippen molar-refractivity contribution in [3.63, 3.8) is 0 Å². The molecule has 13 heavy (non-hydrogen) atoms. The fourth-order valence-electron chi connectivity index (χ4n) is 1.24. The summed E-state index contributed by atoms with van der Waals surface area (Å²) in [4.78, 5) is 0. The predicted molar refractivity (Wildman–Crippen MR) is 61.7 cm³/mol. The average molecular weight is 242 g/mol. The van der Waals surface area contributed by atoms with Gasteiger partial charge in [0.05, 0.1) is 0 Å². The molecule has 2 N–H and O–H groups in total. The highest BCUT2D eigenvalue weighted by Crippen LogP contribution is 2.20. The highest BCUT2D eigenvalue weighted by molar-refractivity contribution is 9.10. The molecule has 0 unspecified atom stereocenters. The first-order valence-electron chi connectivity index (χ1n) is 4.63. The van der Waals surface area contributed by atoms with Crippen molar-refractivity contribution in [3.05, 3.63) is 28.2 Å². The van der Waals surface area contributed by atoms with E-state index in [0.29, 0.717) is 0 Å². The van der Waals surface area contributed by atoms with E-state index in [9.17, 15) is 0 Å². The van der Waals surface area contributed by atoms with E-state index in [-0.39, 0.29) is 0 Å². The molecule has 0 saturated heterocycles. The molecule has 0 radical (unpaired) electrons. The van der Waals surface area contributed by atoms with Crippen LogP contribution in [0.4, 0.5) is 5.69 Å². The van der Waals surface area contributed by atoms with Crippen molar-refractivity contribution in [2.45, 2.75) is 26.7 Å².